The molecular formula is C23H21N3OS. The van der Waals surface area contributed by atoms with Gasteiger partial charge >= 0.3 is 0 Å². The molecule has 0 unspecified atom stereocenters. The molecule has 0 aliphatic carbocycles. The fraction of sp³-hybridized carbons (Fsp3) is 0.130. The number of nitrogens with one attached hydrogen (secondary N) is 2. The maximum Gasteiger partial charge on any atom is 0.224 e. The van der Waals surface area contributed by atoms with Crippen LogP contribution in [0.25, 0.3) is 10.2 Å². The molecule has 4 nitrogen and oxygen atoms in total. The molecule has 0 saturated carbocycles. The van der Waals surface area contributed by atoms with E-state index in [1.807, 2.05) is 72.8 Å². The average molecular weight is 388 g/mol. The number of amides is 1. The van der Waals surface area contributed by atoms with Crippen molar-refractivity contribution in [2.24, 2.45) is 0 Å². The maximum atomic E-state index is 12.2. The summed E-state index contributed by atoms with van der Waals surface area (Å²) in [6.07, 6.45) is 2.10. The highest BCUT2D eigenvalue weighted by Crippen LogP contribution is 2.23. The Kier molecular flexibility index (Phi) is 5.64. The monoisotopic (exact) mass is 387 g/mol. The van der Waals surface area contributed by atoms with Crippen molar-refractivity contribution in [2.45, 2.75) is 19.3 Å². The van der Waals surface area contributed by atoms with E-state index in [1.54, 1.807) is 11.3 Å². The first-order valence-corrected chi connectivity index (χ1v) is 10.1. The SMILES string of the molecule is O=C(CCCc1nc2ccccc2s1)Nc1ccc(Nc2ccccc2)cc1. The molecule has 0 atom stereocenters. The number of aryl methyl sites for hydroxylation is 1. The van der Waals surface area contributed by atoms with Crippen LogP contribution in [-0.4, -0.2) is 10.9 Å². The van der Waals surface area contributed by atoms with E-state index in [0.29, 0.717) is 6.42 Å². The van der Waals surface area contributed by atoms with Crippen LogP contribution in [0.2, 0.25) is 0 Å². The number of para-hydroxylation sites is 2. The fourth-order valence-electron chi connectivity index (χ4n) is 2.98. The summed E-state index contributed by atoms with van der Waals surface area (Å²) in [6.45, 7) is 0. The number of fused-ring (bicyclic) bond motifs is 1. The third-order valence-corrected chi connectivity index (χ3v) is 5.46. The van der Waals surface area contributed by atoms with Crippen LogP contribution >= 0.6 is 11.3 Å². The van der Waals surface area contributed by atoms with Crippen molar-refractivity contribution < 1.29 is 4.79 Å². The molecule has 0 aliphatic heterocycles. The van der Waals surface area contributed by atoms with Gasteiger partial charge in [0.1, 0.15) is 0 Å². The number of hydrogen-bond acceptors (Lipinski definition) is 4. The van der Waals surface area contributed by atoms with Crippen LogP contribution in [-0.2, 0) is 11.2 Å². The lowest BCUT2D eigenvalue weighted by atomic mass is 10.2. The number of benzene rings is 3. The zero-order valence-electron chi connectivity index (χ0n) is 15.4. The summed E-state index contributed by atoms with van der Waals surface area (Å²) in [5.41, 5.74) is 3.87. The maximum absolute atomic E-state index is 12.2. The molecule has 5 heteroatoms. The van der Waals surface area contributed by atoms with Crippen molar-refractivity contribution in [1.29, 1.82) is 0 Å². The second kappa shape index (κ2) is 8.67. The van der Waals surface area contributed by atoms with Crippen LogP contribution in [0.5, 0.6) is 0 Å². The predicted molar refractivity (Wildman–Crippen MR) is 117 cm³/mol. The molecule has 0 bridgehead atoms. The number of rotatable bonds is 7. The first-order valence-electron chi connectivity index (χ1n) is 9.33. The van der Waals surface area contributed by atoms with Gasteiger partial charge in [0.15, 0.2) is 0 Å². The summed E-state index contributed by atoms with van der Waals surface area (Å²) >= 11 is 1.71. The van der Waals surface area contributed by atoms with E-state index in [2.05, 4.69) is 21.7 Å². The number of nitrogens with zero attached hydrogens (tertiary/aromatic N) is 1. The molecule has 4 rings (SSSR count). The molecule has 0 saturated heterocycles. The molecule has 0 fully saturated rings. The summed E-state index contributed by atoms with van der Waals surface area (Å²) in [5, 5.41) is 7.38. The van der Waals surface area contributed by atoms with Crippen molar-refractivity contribution in [3.05, 3.63) is 83.9 Å². The molecule has 1 amide bonds. The highest BCUT2D eigenvalue weighted by atomic mass is 32.1. The molecule has 3 aromatic carbocycles. The largest absolute Gasteiger partial charge is 0.356 e. The Morgan fingerprint density at radius 2 is 1.50 bits per heavy atom. The van der Waals surface area contributed by atoms with E-state index in [0.717, 1.165) is 40.4 Å². The molecule has 0 radical (unpaired) electrons. The van der Waals surface area contributed by atoms with Gasteiger partial charge in [0.25, 0.3) is 0 Å². The van der Waals surface area contributed by atoms with Crippen molar-refractivity contribution in [3.63, 3.8) is 0 Å². The van der Waals surface area contributed by atoms with Crippen molar-refractivity contribution >= 4 is 44.5 Å². The summed E-state index contributed by atoms with van der Waals surface area (Å²) in [7, 11) is 0. The van der Waals surface area contributed by atoms with E-state index in [-0.39, 0.29) is 5.91 Å². The first-order chi connectivity index (χ1) is 13.8. The zero-order chi connectivity index (χ0) is 19.2. The number of carbonyl (C=O) groups is 1. The third-order valence-electron chi connectivity index (χ3n) is 4.36. The van der Waals surface area contributed by atoms with Crippen molar-refractivity contribution in [2.75, 3.05) is 10.6 Å². The highest BCUT2D eigenvalue weighted by Gasteiger charge is 2.06. The van der Waals surface area contributed by atoms with Crippen LogP contribution in [0.4, 0.5) is 17.1 Å². The highest BCUT2D eigenvalue weighted by molar-refractivity contribution is 7.18. The molecule has 4 aromatic rings. The van der Waals surface area contributed by atoms with Crippen molar-refractivity contribution in [1.82, 2.24) is 4.98 Å². The Balaban J connectivity index is 1.25. The van der Waals surface area contributed by atoms with Gasteiger partial charge < -0.3 is 10.6 Å². The predicted octanol–water partition coefficient (Wildman–Crippen LogP) is 6.00. The van der Waals surface area contributed by atoms with Crippen LogP contribution in [0, 0.1) is 0 Å². The minimum absolute atomic E-state index is 0.0323. The quantitative estimate of drug-likeness (QED) is 0.409. The lowest BCUT2D eigenvalue weighted by Gasteiger charge is -2.08. The summed E-state index contributed by atoms with van der Waals surface area (Å²) in [5.74, 6) is 0.0323. The van der Waals surface area contributed by atoms with Gasteiger partial charge in [-0.2, -0.15) is 0 Å². The standard InChI is InChI=1S/C23H21N3OS/c27-22(11-6-12-23-26-20-9-4-5-10-21(20)28-23)25-19-15-13-18(14-16-19)24-17-7-2-1-3-8-17/h1-5,7-10,13-16,24H,6,11-12H2,(H,25,27). The van der Waals surface area contributed by atoms with E-state index >= 15 is 0 Å². The average Bonchev–Trinajstić information content (AvgIpc) is 3.13. The van der Waals surface area contributed by atoms with E-state index in [1.165, 1.54) is 4.70 Å². The molecular weight excluding hydrogens is 366 g/mol. The van der Waals surface area contributed by atoms with Crippen LogP contribution < -0.4 is 10.6 Å². The lowest BCUT2D eigenvalue weighted by molar-refractivity contribution is -0.116. The summed E-state index contributed by atoms with van der Waals surface area (Å²) < 4.78 is 1.20. The van der Waals surface area contributed by atoms with Gasteiger partial charge in [0.2, 0.25) is 5.91 Å². The van der Waals surface area contributed by atoms with E-state index < -0.39 is 0 Å². The topological polar surface area (TPSA) is 54.0 Å². The Morgan fingerprint density at radius 3 is 2.29 bits per heavy atom. The normalized spacial score (nSPS) is 10.7. The van der Waals surface area contributed by atoms with Gasteiger partial charge in [-0.05, 0) is 61.4 Å². The molecule has 140 valence electrons. The van der Waals surface area contributed by atoms with Gasteiger partial charge in [0.05, 0.1) is 15.2 Å². The second-order valence-corrected chi connectivity index (χ2v) is 7.66. The fourth-order valence-corrected chi connectivity index (χ4v) is 3.98. The number of hydrogen-bond donors (Lipinski definition) is 2. The number of thiazole rings is 1. The Hall–Kier alpha value is -3.18. The second-order valence-electron chi connectivity index (χ2n) is 6.55. The molecule has 0 spiro atoms. The zero-order valence-corrected chi connectivity index (χ0v) is 16.2. The van der Waals surface area contributed by atoms with Gasteiger partial charge in [-0.3, -0.25) is 4.79 Å². The first kappa shape index (κ1) is 18.2. The smallest absolute Gasteiger partial charge is 0.224 e. The van der Waals surface area contributed by atoms with E-state index in [9.17, 15) is 4.79 Å². The molecule has 28 heavy (non-hydrogen) atoms. The van der Waals surface area contributed by atoms with Crippen LogP contribution in [0.15, 0.2) is 78.9 Å². The molecule has 0 aliphatic rings. The minimum atomic E-state index is 0.0323. The van der Waals surface area contributed by atoms with Gasteiger partial charge in [-0.1, -0.05) is 30.3 Å². The Bertz CT molecular complexity index is 1030. The van der Waals surface area contributed by atoms with Crippen LogP contribution in [0.1, 0.15) is 17.8 Å². The molecule has 1 aromatic heterocycles. The molecule has 2 N–H and O–H groups in total. The number of anilines is 3. The molecule has 1 heterocycles. The number of carbonyl (C=O) groups excluding carboxylic acids is 1. The van der Waals surface area contributed by atoms with Crippen LogP contribution in [0.3, 0.4) is 0 Å². The minimum Gasteiger partial charge on any atom is -0.356 e. The van der Waals surface area contributed by atoms with Gasteiger partial charge in [-0.15, -0.1) is 11.3 Å². The number of aromatic nitrogens is 1. The Morgan fingerprint density at radius 1 is 0.821 bits per heavy atom. The summed E-state index contributed by atoms with van der Waals surface area (Å²) in [4.78, 5) is 16.8. The van der Waals surface area contributed by atoms with E-state index in [4.69, 9.17) is 0 Å². The third kappa shape index (κ3) is 4.75. The summed E-state index contributed by atoms with van der Waals surface area (Å²) in [6, 6.07) is 25.9. The van der Waals surface area contributed by atoms with Crippen molar-refractivity contribution in [3.8, 4) is 0 Å². The van der Waals surface area contributed by atoms with Gasteiger partial charge in [-0.25, -0.2) is 4.98 Å². The van der Waals surface area contributed by atoms with Gasteiger partial charge in [0, 0.05) is 23.5 Å². The lowest BCUT2D eigenvalue weighted by Crippen LogP contribution is -2.11. The Labute approximate surface area is 168 Å².